The van der Waals surface area contributed by atoms with E-state index >= 15 is 0 Å². The molecule has 94 valence electrons. The Labute approximate surface area is 107 Å². The fraction of sp³-hybridized carbons (Fsp3) is 0. The summed E-state index contributed by atoms with van der Waals surface area (Å²) in [6.45, 7) is 0. The van der Waals surface area contributed by atoms with E-state index in [1.807, 2.05) is 30.3 Å². The number of rotatable bonds is 3. The molecule has 0 aliphatic carbocycles. The molecule has 2 heterocycles. The summed E-state index contributed by atoms with van der Waals surface area (Å²) in [5.74, 6) is -0.677. The first kappa shape index (κ1) is 11.1. The van der Waals surface area contributed by atoms with Gasteiger partial charge in [-0.2, -0.15) is 0 Å². The quantitative estimate of drug-likeness (QED) is 0.765. The Morgan fingerprint density at radius 3 is 2.63 bits per heavy atom. The third-order valence-electron chi connectivity index (χ3n) is 2.45. The Morgan fingerprint density at radius 1 is 1.16 bits per heavy atom. The Kier molecular flexibility index (Phi) is 2.57. The molecule has 7 nitrogen and oxygen atoms in total. The van der Waals surface area contributed by atoms with Crippen LogP contribution in [-0.4, -0.2) is 31.3 Å². The van der Waals surface area contributed by atoms with Crippen LogP contribution >= 0.6 is 0 Å². The number of tetrazole rings is 1. The van der Waals surface area contributed by atoms with Gasteiger partial charge in [0.25, 0.3) is 0 Å². The van der Waals surface area contributed by atoms with E-state index in [1.165, 1.54) is 12.1 Å². The average molecular weight is 256 g/mol. The molecule has 0 amide bonds. The molecule has 7 heteroatoms. The van der Waals surface area contributed by atoms with Crippen molar-refractivity contribution in [1.29, 1.82) is 0 Å². The molecule has 0 spiro atoms. The Morgan fingerprint density at radius 2 is 1.95 bits per heavy atom. The second-order valence-electron chi connectivity index (χ2n) is 3.71. The fourth-order valence-corrected chi connectivity index (χ4v) is 1.56. The molecule has 2 aromatic heterocycles. The predicted molar refractivity (Wildman–Crippen MR) is 63.8 cm³/mol. The highest BCUT2D eigenvalue weighted by Crippen LogP contribution is 2.15. The van der Waals surface area contributed by atoms with Crippen molar-refractivity contribution in [1.82, 2.24) is 20.2 Å². The van der Waals surface area contributed by atoms with E-state index in [9.17, 15) is 4.79 Å². The van der Waals surface area contributed by atoms with Crippen LogP contribution in [0.15, 0.2) is 46.9 Å². The minimum absolute atomic E-state index is 0.173. The van der Waals surface area contributed by atoms with Crippen molar-refractivity contribution in [3.8, 4) is 17.3 Å². The number of aromatic nitrogens is 4. The van der Waals surface area contributed by atoms with E-state index in [-0.39, 0.29) is 11.6 Å². The smallest absolute Gasteiger partial charge is 0.371 e. The maximum atomic E-state index is 10.7. The lowest BCUT2D eigenvalue weighted by Gasteiger charge is -1.92. The molecular weight excluding hydrogens is 248 g/mol. The van der Waals surface area contributed by atoms with E-state index in [2.05, 4.69) is 15.4 Å². The highest BCUT2D eigenvalue weighted by atomic mass is 16.4. The van der Waals surface area contributed by atoms with Crippen molar-refractivity contribution in [3.05, 3.63) is 48.2 Å². The number of carbonyl (C=O) groups is 1. The van der Waals surface area contributed by atoms with Gasteiger partial charge in [-0.05, 0) is 11.3 Å². The molecule has 0 aliphatic rings. The van der Waals surface area contributed by atoms with Crippen LogP contribution in [0.3, 0.4) is 0 Å². The number of carboxylic acid groups (broad SMARTS) is 1. The molecule has 0 bridgehead atoms. The number of carboxylic acids is 1. The maximum Gasteiger partial charge on any atom is 0.371 e. The molecule has 3 rings (SSSR count). The van der Waals surface area contributed by atoms with Gasteiger partial charge in [-0.1, -0.05) is 35.1 Å². The van der Waals surface area contributed by atoms with Crippen LogP contribution in [0.5, 0.6) is 0 Å². The molecule has 19 heavy (non-hydrogen) atoms. The fourth-order valence-electron chi connectivity index (χ4n) is 1.56. The molecule has 0 saturated heterocycles. The second-order valence-corrected chi connectivity index (χ2v) is 3.71. The first-order valence-corrected chi connectivity index (χ1v) is 5.43. The third kappa shape index (κ3) is 2.08. The van der Waals surface area contributed by atoms with Gasteiger partial charge >= 0.3 is 5.97 Å². The van der Waals surface area contributed by atoms with Gasteiger partial charge in [-0.15, -0.1) is 10.2 Å². The largest absolute Gasteiger partial charge is 0.475 e. The molecule has 0 atom stereocenters. The maximum absolute atomic E-state index is 10.7. The van der Waals surface area contributed by atoms with Crippen molar-refractivity contribution in [3.63, 3.8) is 0 Å². The van der Waals surface area contributed by atoms with Crippen molar-refractivity contribution >= 4 is 5.97 Å². The number of benzene rings is 1. The normalized spacial score (nSPS) is 10.5. The molecule has 3 aromatic rings. The lowest BCUT2D eigenvalue weighted by molar-refractivity contribution is 0.0661. The summed E-state index contributed by atoms with van der Waals surface area (Å²) in [7, 11) is 0. The van der Waals surface area contributed by atoms with E-state index in [4.69, 9.17) is 9.52 Å². The summed E-state index contributed by atoms with van der Waals surface area (Å²) in [5.41, 5.74) is 0.818. The molecule has 1 N–H and O–H groups in total. The van der Waals surface area contributed by atoms with Crippen LogP contribution < -0.4 is 0 Å². The van der Waals surface area contributed by atoms with Crippen LogP contribution in [0.2, 0.25) is 0 Å². The molecule has 0 saturated carbocycles. The summed E-state index contributed by atoms with van der Waals surface area (Å²) in [5, 5.41) is 20.6. The van der Waals surface area contributed by atoms with Crippen LogP contribution in [0.1, 0.15) is 10.6 Å². The van der Waals surface area contributed by atoms with E-state index in [0.717, 1.165) is 10.4 Å². The standard InChI is InChI=1S/C12H8N4O3/c17-12(18)9-6-7-10(19-9)16-14-11(13-15-16)8-4-2-1-3-5-8/h1-7H,(H,17,18). The van der Waals surface area contributed by atoms with E-state index < -0.39 is 5.97 Å². The summed E-state index contributed by atoms with van der Waals surface area (Å²) < 4.78 is 5.08. The van der Waals surface area contributed by atoms with Gasteiger partial charge in [-0.3, -0.25) is 0 Å². The minimum atomic E-state index is -1.14. The monoisotopic (exact) mass is 256 g/mol. The molecular formula is C12H8N4O3. The summed E-state index contributed by atoms with van der Waals surface area (Å²) in [6.07, 6.45) is 0. The summed E-state index contributed by atoms with van der Waals surface area (Å²) >= 11 is 0. The Balaban J connectivity index is 1.94. The van der Waals surface area contributed by atoms with Gasteiger partial charge in [0.2, 0.25) is 17.5 Å². The molecule has 0 radical (unpaired) electrons. The zero-order chi connectivity index (χ0) is 13.2. The molecule has 0 unspecified atom stereocenters. The second kappa shape index (κ2) is 4.37. The van der Waals surface area contributed by atoms with Gasteiger partial charge in [0.1, 0.15) is 0 Å². The number of hydrogen-bond acceptors (Lipinski definition) is 5. The number of nitrogens with zero attached hydrogens (tertiary/aromatic N) is 4. The van der Waals surface area contributed by atoms with Crippen molar-refractivity contribution in [2.24, 2.45) is 0 Å². The first-order valence-electron chi connectivity index (χ1n) is 5.43. The van der Waals surface area contributed by atoms with Crippen molar-refractivity contribution < 1.29 is 14.3 Å². The topological polar surface area (TPSA) is 94.0 Å². The van der Waals surface area contributed by atoms with Gasteiger partial charge in [0, 0.05) is 11.6 Å². The predicted octanol–water partition coefficient (Wildman–Crippen LogP) is 1.62. The highest BCUT2D eigenvalue weighted by Gasteiger charge is 2.13. The van der Waals surface area contributed by atoms with Gasteiger partial charge in [0.15, 0.2) is 0 Å². The zero-order valence-electron chi connectivity index (χ0n) is 9.59. The van der Waals surface area contributed by atoms with Crippen molar-refractivity contribution in [2.75, 3.05) is 0 Å². The minimum Gasteiger partial charge on any atom is -0.475 e. The van der Waals surface area contributed by atoms with Crippen molar-refractivity contribution in [2.45, 2.75) is 0 Å². The lowest BCUT2D eigenvalue weighted by Crippen LogP contribution is -1.98. The third-order valence-corrected chi connectivity index (χ3v) is 2.45. The molecule has 0 fully saturated rings. The van der Waals surface area contributed by atoms with Gasteiger partial charge in [-0.25, -0.2) is 4.79 Å². The zero-order valence-corrected chi connectivity index (χ0v) is 9.59. The number of aromatic carboxylic acids is 1. The number of hydrogen-bond donors (Lipinski definition) is 1. The Hall–Kier alpha value is -2.96. The highest BCUT2D eigenvalue weighted by molar-refractivity contribution is 5.84. The van der Waals surface area contributed by atoms with Crippen LogP contribution in [0.25, 0.3) is 17.3 Å². The lowest BCUT2D eigenvalue weighted by atomic mass is 10.2. The van der Waals surface area contributed by atoms with Crippen LogP contribution in [0.4, 0.5) is 0 Å². The first-order chi connectivity index (χ1) is 9.24. The summed E-state index contributed by atoms with van der Waals surface area (Å²) in [6, 6.07) is 12.1. The average Bonchev–Trinajstić information content (AvgIpc) is 3.09. The molecule has 0 aliphatic heterocycles. The van der Waals surface area contributed by atoms with E-state index in [1.54, 1.807) is 0 Å². The summed E-state index contributed by atoms with van der Waals surface area (Å²) in [4.78, 5) is 11.9. The molecule has 1 aromatic carbocycles. The number of furan rings is 1. The van der Waals surface area contributed by atoms with Gasteiger partial charge in [0.05, 0.1) is 0 Å². The Bertz CT molecular complexity index is 717. The van der Waals surface area contributed by atoms with Crippen LogP contribution in [0, 0.1) is 0 Å². The van der Waals surface area contributed by atoms with Gasteiger partial charge < -0.3 is 9.52 Å². The van der Waals surface area contributed by atoms with E-state index in [0.29, 0.717) is 5.82 Å². The SMILES string of the molecule is O=C(O)c1ccc(-n2nnc(-c3ccccc3)n2)o1. The van der Waals surface area contributed by atoms with Crippen LogP contribution in [-0.2, 0) is 0 Å².